The minimum absolute atomic E-state index is 0.160. The van der Waals surface area contributed by atoms with Gasteiger partial charge >= 0.3 is 19.8 Å². The first-order valence-corrected chi connectivity index (χ1v) is 20.7. The minimum Gasteiger partial charge on any atom is -0.462 e. The van der Waals surface area contributed by atoms with Crippen molar-refractivity contribution in [3.8, 4) is 0 Å². The van der Waals surface area contributed by atoms with Gasteiger partial charge in [-0.1, -0.05) is 132 Å². The summed E-state index contributed by atoms with van der Waals surface area (Å²) in [6.07, 6.45) is 39.8. The zero-order chi connectivity index (χ0) is 37.0. The van der Waals surface area contributed by atoms with Crippen LogP contribution in [0.3, 0.4) is 0 Å². The molecule has 0 saturated carbocycles. The highest BCUT2D eigenvalue weighted by molar-refractivity contribution is 7.46. The Labute approximate surface area is 303 Å². The Morgan fingerprint density at radius 2 is 1.20 bits per heavy atom. The summed E-state index contributed by atoms with van der Waals surface area (Å²) in [5.41, 5.74) is 0. The van der Waals surface area contributed by atoms with Gasteiger partial charge in [0.25, 0.3) is 0 Å². The van der Waals surface area contributed by atoms with Crippen molar-refractivity contribution < 1.29 is 43.0 Å². The molecule has 10 heteroatoms. The zero-order valence-electron chi connectivity index (χ0n) is 31.1. The van der Waals surface area contributed by atoms with Crippen LogP contribution in [0.4, 0.5) is 0 Å². The van der Waals surface area contributed by atoms with Crippen molar-refractivity contribution in [3.05, 3.63) is 60.8 Å². The number of carbonyl (C=O) groups is 2. The number of esters is 2. The Bertz CT molecular complexity index is 1010. The summed E-state index contributed by atoms with van der Waals surface area (Å²) in [5.74, 6) is -0.956. The number of phosphoric acid groups is 1. The van der Waals surface area contributed by atoms with Crippen molar-refractivity contribution in [3.63, 3.8) is 0 Å². The van der Waals surface area contributed by atoms with E-state index in [0.29, 0.717) is 19.3 Å². The molecule has 0 bridgehead atoms. The molecule has 0 aliphatic rings. The number of allylic oxidation sites excluding steroid dienone is 8. The van der Waals surface area contributed by atoms with Crippen LogP contribution in [0.2, 0.25) is 0 Å². The standard InChI is InChI=1S/C40H69O9P/c1-3-5-7-8-9-10-11-12-13-14-15-16-19-22-25-29-33-39(42)47-35-38(36-48-50(44,45)46)49-40(43)34-30-26-23-20-17-18-21-24-28-32-37(41)31-27-6-4-2/h6,9-10,12-13,21,24,27-28,32,37-38,41H,3-5,7-8,11,14-20,22-23,25-26,29-31,33-36H2,1-2H3,(H2,44,45,46)/b10-9-,13-12-,24-21+,27-6+,32-28+/t37?,38-/m1/s1. The predicted molar refractivity (Wildman–Crippen MR) is 203 cm³/mol. The zero-order valence-corrected chi connectivity index (χ0v) is 32.0. The lowest BCUT2D eigenvalue weighted by Gasteiger charge is -2.18. The van der Waals surface area contributed by atoms with Crippen LogP contribution in [0, 0.1) is 0 Å². The molecule has 0 aromatic heterocycles. The minimum atomic E-state index is -4.77. The molecule has 0 fully saturated rings. The third kappa shape index (κ3) is 37.0. The van der Waals surface area contributed by atoms with Crippen LogP contribution in [0.5, 0.6) is 0 Å². The fourth-order valence-electron chi connectivity index (χ4n) is 4.97. The van der Waals surface area contributed by atoms with E-state index in [1.807, 2.05) is 24.3 Å². The number of hydrogen-bond donors (Lipinski definition) is 3. The van der Waals surface area contributed by atoms with Crippen molar-refractivity contribution in [1.82, 2.24) is 0 Å². The lowest BCUT2D eigenvalue weighted by Crippen LogP contribution is -2.29. The van der Waals surface area contributed by atoms with E-state index in [1.54, 1.807) is 6.08 Å². The summed E-state index contributed by atoms with van der Waals surface area (Å²) in [7, 11) is -4.77. The van der Waals surface area contributed by atoms with Gasteiger partial charge in [-0.2, -0.15) is 0 Å². The molecule has 9 nitrogen and oxygen atoms in total. The maximum Gasteiger partial charge on any atom is 0.469 e. The molecule has 2 atom stereocenters. The fourth-order valence-corrected chi connectivity index (χ4v) is 5.33. The molecule has 3 N–H and O–H groups in total. The van der Waals surface area contributed by atoms with E-state index in [9.17, 15) is 19.3 Å². The van der Waals surface area contributed by atoms with E-state index in [1.165, 1.54) is 25.7 Å². The highest BCUT2D eigenvalue weighted by atomic mass is 31.2. The quantitative estimate of drug-likeness (QED) is 0.0194. The largest absolute Gasteiger partial charge is 0.469 e. The Hall–Kier alpha value is -2.29. The van der Waals surface area contributed by atoms with Crippen molar-refractivity contribution in [2.75, 3.05) is 13.2 Å². The van der Waals surface area contributed by atoms with Gasteiger partial charge < -0.3 is 24.4 Å². The first-order chi connectivity index (χ1) is 24.2. The number of aliphatic hydroxyl groups is 1. The van der Waals surface area contributed by atoms with Gasteiger partial charge in [-0.15, -0.1) is 0 Å². The van der Waals surface area contributed by atoms with Gasteiger partial charge in [0.2, 0.25) is 0 Å². The van der Waals surface area contributed by atoms with E-state index in [2.05, 4.69) is 48.8 Å². The summed E-state index contributed by atoms with van der Waals surface area (Å²) in [4.78, 5) is 42.7. The average Bonchev–Trinajstić information content (AvgIpc) is 3.07. The van der Waals surface area contributed by atoms with Crippen molar-refractivity contribution in [2.45, 2.75) is 167 Å². The molecule has 0 rings (SSSR count). The highest BCUT2D eigenvalue weighted by Gasteiger charge is 2.22. The Morgan fingerprint density at radius 1 is 0.640 bits per heavy atom. The van der Waals surface area contributed by atoms with E-state index < -0.39 is 38.6 Å². The van der Waals surface area contributed by atoms with Crippen LogP contribution in [0.1, 0.15) is 155 Å². The van der Waals surface area contributed by atoms with Gasteiger partial charge in [0.1, 0.15) is 6.61 Å². The molecule has 1 unspecified atom stereocenters. The number of carbonyl (C=O) groups excluding carboxylic acids is 2. The van der Waals surface area contributed by atoms with Gasteiger partial charge in [0, 0.05) is 12.8 Å². The highest BCUT2D eigenvalue weighted by Crippen LogP contribution is 2.36. The summed E-state index contributed by atoms with van der Waals surface area (Å²) < 4.78 is 26.3. The third-order valence-corrected chi connectivity index (χ3v) is 8.34. The number of unbranched alkanes of at least 4 members (excludes halogenated alkanes) is 14. The van der Waals surface area contributed by atoms with Crippen LogP contribution in [-0.4, -0.2) is 52.3 Å². The first kappa shape index (κ1) is 47.7. The summed E-state index contributed by atoms with van der Waals surface area (Å²) in [6.45, 7) is 3.40. The number of hydrogen-bond acceptors (Lipinski definition) is 7. The summed E-state index contributed by atoms with van der Waals surface area (Å²) in [6, 6.07) is 0. The lowest BCUT2D eigenvalue weighted by molar-refractivity contribution is -0.161. The molecule has 0 saturated heterocycles. The average molecular weight is 725 g/mol. The van der Waals surface area contributed by atoms with Crippen LogP contribution in [-0.2, 0) is 28.2 Å². The molecule has 0 aromatic rings. The second kappa shape index (κ2) is 35.1. The number of ether oxygens (including phenoxy) is 2. The normalized spacial score (nSPS) is 13.8. The molecule has 0 heterocycles. The van der Waals surface area contributed by atoms with Crippen molar-refractivity contribution >= 4 is 19.8 Å². The molecule has 0 aliphatic heterocycles. The molecule has 0 aromatic carbocycles. The maximum atomic E-state index is 12.4. The molecule has 0 aliphatic carbocycles. The maximum absolute atomic E-state index is 12.4. The van der Waals surface area contributed by atoms with Gasteiger partial charge in [0.05, 0.1) is 12.7 Å². The van der Waals surface area contributed by atoms with Gasteiger partial charge in [0.15, 0.2) is 6.10 Å². The molecular formula is C40H69O9P. The molecule has 50 heavy (non-hydrogen) atoms. The molecule has 0 amide bonds. The van der Waals surface area contributed by atoms with E-state index in [0.717, 1.165) is 83.5 Å². The SMILES string of the molecule is CC/C=C/CC(O)/C=C/C=C/CCCCCCCC(=O)O[C@H](COC(=O)CCCCCCCC/C=C\C/C=C\CCCCC)COP(=O)(O)O. The van der Waals surface area contributed by atoms with Crippen molar-refractivity contribution in [1.29, 1.82) is 0 Å². The smallest absolute Gasteiger partial charge is 0.462 e. The van der Waals surface area contributed by atoms with Gasteiger partial charge in [-0.3, -0.25) is 14.1 Å². The Balaban J connectivity index is 4.06. The Kier molecular flexibility index (Phi) is 33.5. The lowest BCUT2D eigenvalue weighted by atomic mass is 10.1. The summed E-state index contributed by atoms with van der Waals surface area (Å²) >= 11 is 0. The summed E-state index contributed by atoms with van der Waals surface area (Å²) in [5, 5.41) is 9.83. The molecular weight excluding hydrogens is 655 g/mol. The third-order valence-electron chi connectivity index (χ3n) is 7.85. The topological polar surface area (TPSA) is 140 Å². The Morgan fingerprint density at radius 3 is 1.80 bits per heavy atom. The van der Waals surface area contributed by atoms with Crippen LogP contribution >= 0.6 is 7.82 Å². The number of aliphatic hydroxyl groups excluding tert-OH is 1. The second-order valence-electron chi connectivity index (χ2n) is 12.7. The molecule has 0 spiro atoms. The van der Waals surface area contributed by atoms with E-state index in [4.69, 9.17) is 19.3 Å². The number of rotatable bonds is 34. The molecule has 288 valence electrons. The second-order valence-corrected chi connectivity index (χ2v) is 14.0. The van der Waals surface area contributed by atoms with E-state index in [-0.39, 0.29) is 19.4 Å². The first-order valence-electron chi connectivity index (χ1n) is 19.2. The van der Waals surface area contributed by atoms with Gasteiger partial charge in [-0.25, -0.2) is 4.57 Å². The van der Waals surface area contributed by atoms with Gasteiger partial charge in [-0.05, 0) is 70.6 Å². The predicted octanol–water partition coefficient (Wildman–Crippen LogP) is 10.3. The van der Waals surface area contributed by atoms with Crippen LogP contribution in [0.25, 0.3) is 0 Å². The van der Waals surface area contributed by atoms with E-state index >= 15 is 0 Å². The van der Waals surface area contributed by atoms with Crippen LogP contribution < -0.4 is 0 Å². The molecule has 0 radical (unpaired) electrons. The van der Waals surface area contributed by atoms with Crippen LogP contribution in [0.15, 0.2) is 60.8 Å². The van der Waals surface area contributed by atoms with Crippen molar-refractivity contribution in [2.24, 2.45) is 0 Å². The monoisotopic (exact) mass is 724 g/mol. The number of phosphoric ester groups is 1. The fraction of sp³-hybridized carbons (Fsp3) is 0.700.